The van der Waals surface area contributed by atoms with Gasteiger partial charge in [-0.25, -0.2) is 0 Å². The Kier molecular flexibility index (Phi) is 2.87. The van der Waals surface area contributed by atoms with Crippen molar-refractivity contribution in [3.05, 3.63) is 0 Å². The summed E-state index contributed by atoms with van der Waals surface area (Å²) in [6.45, 7) is 9.15. The van der Waals surface area contributed by atoms with Gasteiger partial charge in [0.15, 0.2) is 0 Å². The summed E-state index contributed by atoms with van der Waals surface area (Å²) in [6.07, 6.45) is 1.25. The molecule has 0 aromatic rings. The van der Waals surface area contributed by atoms with Crippen LogP contribution in [0.1, 0.15) is 34.1 Å². The highest BCUT2D eigenvalue weighted by Gasteiger charge is 2.30. The molecule has 0 aromatic heterocycles. The molecule has 11 heavy (non-hydrogen) atoms. The molecular formula is C9H19NS. The second-order valence-corrected chi connectivity index (χ2v) is 5.42. The van der Waals surface area contributed by atoms with Crippen molar-refractivity contribution in [2.45, 2.75) is 50.9 Å². The van der Waals surface area contributed by atoms with Crippen LogP contribution in [0, 0.1) is 0 Å². The monoisotopic (exact) mass is 173 g/mol. The molecule has 1 N–H and O–H groups in total. The highest BCUT2D eigenvalue weighted by atomic mass is 32.2. The maximum absolute atomic E-state index is 3.67. The Hall–Kier alpha value is 0.310. The van der Waals surface area contributed by atoms with E-state index < -0.39 is 0 Å². The Labute approximate surface area is 74.3 Å². The third-order valence-corrected chi connectivity index (χ3v) is 4.03. The Morgan fingerprint density at radius 1 is 1.55 bits per heavy atom. The van der Waals surface area contributed by atoms with Gasteiger partial charge in [0.25, 0.3) is 0 Å². The van der Waals surface area contributed by atoms with Crippen molar-refractivity contribution in [3.8, 4) is 0 Å². The topological polar surface area (TPSA) is 12.0 Å². The maximum Gasteiger partial charge on any atom is 0.0218 e. The number of hydrogen-bond donors (Lipinski definition) is 1. The molecule has 2 heteroatoms. The van der Waals surface area contributed by atoms with E-state index in [-0.39, 0.29) is 0 Å². The van der Waals surface area contributed by atoms with Crippen molar-refractivity contribution in [2.75, 3.05) is 5.75 Å². The SMILES string of the molecule is CCC1NC(C)(C)CSC1C. The zero-order valence-corrected chi connectivity index (χ0v) is 8.79. The summed E-state index contributed by atoms with van der Waals surface area (Å²) in [4.78, 5) is 0. The molecule has 0 radical (unpaired) electrons. The normalized spacial score (nSPS) is 37.1. The van der Waals surface area contributed by atoms with Crippen molar-refractivity contribution < 1.29 is 0 Å². The van der Waals surface area contributed by atoms with E-state index >= 15 is 0 Å². The third kappa shape index (κ3) is 2.38. The molecule has 0 bridgehead atoms. The van der Waals surface area contributed by atoms with Crippen LogP contribution in [0.15, 0.2) is 0 Å². The van der Waals surface area contributed by atoms with Gasteiger partial charge >= 0.3 is 0 Å². The summed E-state index contributed by atoms with van der Waals surface area (Å²) in [5, 5.41) is 4.46. The fourth-order valence-electron chi connectivity index (χ4n) is 1.55. The molecule has 1 nitrogen and oxygen atoms in total. The lowest BCUT2D eigenvalue weighted by Gasteiger charge is -2.40. The van der Waals surface area contributed by atoms with Gasteiger partial charge < -0.3 is 5.32 Å². The Morgan fingerprint density at radius 2 is 2.18 bits per heavy atom. The van der Waals surface area contributed by atoms with E-state index in [2.05, 4.69) is 44.8 Å². The van der Waals surface area contributed by atoms with Gasteiger partial charge in [-0.1, -0.05) is 13.8 Å². The van der Waals surface area contributed by atoms with Crippen LogP contribution in [0.25, 0.3) is 0 Å². The Bertz CT molecular complexity index is 134. The second kappa shape index (κ2) is 3.36. The van der Waals surface area contributed by atoms with Crippen LogP contribution in [0.2, 0.25) is 0 Å². The van der Waals surface area contributed by atoms with Crippen LogP contribution in [0.5, 0.6) is 0 Å². The van der Waals surface area contributed by atoms with E-state index in [4.69, 9.17) is 0 Å². The van der Waals surface area contributed by atoms with E-state index in [0.29, 0.717) is 11.6 Å². The van der Waals surface area contributed by atoms with E-state index in [9.17, 15) is 0 Å². The lowest BCUT2D eigenvalue weighted by molar-refractivity contribution is 0.341. The molecular weight excluding hydrogens is 154 g/mol. The van der Waals surface area contributed by atoms with Gasteiger partial charge in [-0.15, -0.1) is 0 Å². The average molecular weight is 173 g/mol. The minimum atomic E-state index is 0.345. The zero-order valence-electron chi connectivity index (χ0n) is 7.98. The summed E-state index contributed by atoms with van der Waals surface area (Å²) in [7, 11) is 0. The lowest BCUT2D eigenvalue weighted by atomic mass is 10.0. The molecule has 1 saturated heterocycles. The van der Waals surface area contributed by atoms with Crippen molar-refractivity contribution in [2.24, 2.45) is 0 Å². The molecule has 0 aromatic carbocycles. The molecule has 0 aliphatic carbocycles. The van der Waals surface area contributed by atoms with Gasteiger partial charge in [0.05, 0.1) is 0 Å². The molecule has 66 valence electrons. The van der Waals surface area contributed by atoms with Crippen LogP contribution in [-0.4, -0.2) is 22.6 Å². The predicted octanol–water partition coefficient (Wildman–Crippen LogP) is 2.27. The van der Waals surface area contributed by atoms with E-state index in [0.717, 1.165) is 5.25 Å². The van der Waals surface area contributed by atoms with Crippen molar-refractivity contribution in [1.29, 1.82) is 0 Å². The highest BCUT2D eigenvalue weighted by Crippen LogP contribution is 2.27. The molecule has 1 aliphatic heterocycles. The first-order valence-electron chi connectivity index (χ1n) is 4.44. The fraction of sp³-hybridized carbons (Fsp3) is 1.00. The molecule has 0 saturated carbocycles. The summed E-state index contributed by atoms with van der Waals surface area (Å²) in [5.41, 5.74) is 0.345. The summed E-state index contributed by atoms with van der Waals surface area (Å²) >= 11 is 2.10. The van der Waals surface area contributed by atoms with Gasteiger partial charge in [-0.05, 0) is 20.3 Å². The zero-order chi connectivity index (χ0) is 8.48. The van der Waals surface area contributed by atoms with Crippen LogP contribution in [0.3, 0.4) is 0 Å². The quantitative estimate of drug-likeness (QED) is 0.653. The molecule has 1 rings (SSSR count). The lowest BCUT2D eigenvalue weighted by Crippen LogP contribution is -2.55. The predicted molar refractivity (Wildman–Crippen MR) is 53.2 cm³/mol. The van der Waals surface area contributed by atoms with E-state index in [1.54, 1.807) is 0 Å². The molecule has 1 aliphatic rings. The molecule has 1 fully saturated rings. The highest BCUT2D eigenvalue weighted by molar-refractivity contribution is 8.00. The van der Waals surface area contributed by atoms with Crippen molar-refractivity contribution in [3.63, 3.8) is 0 Å². The van der Waals surface area contributed by atoms with E-state index in [1.165, 1.54) is 12.2 Å². The fourth-order valence-corrected chi connectivity index (χ4v) is 2.81. The standard InChI is InChI=1S/C9H19NS/c1-5-8-7(2)11-6-9(3,4)10-8/h7-8,10H,5-6H2,1-4H3. The van der Waals surface area contributed by atoms with Gasteiger partial charge in [-0.3, -0.25) is 0 Å². The molecule has 2 atom stereocenters. The van der Waals surface area contributed by atoms with Crippen molar-refractivity contribution in [1.82, 2.24) is 5.32 Å². The third-order valence-electron chi connectivity index (χ3n) is 2.29. The molecule has 2 unspecified atom stereocenters. The van der Waals surface area contributed by atoms with Gasteiger partial charge in [0, 0.05) is 22.6 Å². The van der Waals surface area contributed by atoms with Gasteiger partial charge in [0.1, 0.15) is 0 Å². The number of hydrogen-bond acceptors (Lipinski definition) is 2. The first-order valence-corrected chi connectivity index (χ1v) is 5.49. The molecule has 1 heterocycles. The summed E-state index contributed by atoms with van der Waals surface area (Å²) in [5.74, 6) is 1.24. The van der Waals surface area contributed by atoms with Gasteiger partial charge in [0.2, 0.25) is 0 Å². The number of rotatable bonds is 1. The van der Waals surface area contributed by atoms with Crippen LogP contribution in [-0.2, 0) is 0 Å². The molecule has 0 spiro atoms. The largest absolute Gasteiger partial charge is 0.307 e. The van der Waals surface area contributed by atoms with Crippen molar-refractivity contribution >= 4 is 11.8 Å². The maximum atomic E-state index is 3.67. The van der Waals surface area contributed by atoms with Crippen LogP contribution < -0.4 is 5.32 Å². The second-order valence-electron chi connectivity index (χ2n) is 4.06. The van der Waals surface area contributed by atoms with Crippen LogP contribution >= 0.6 is 11.8 Å². The van der Waals surface area contributed by atoms with Crippen LogP contribution in [0.4, 0.5) is 0 Å². The average Bonchev–Trinajstić information content (AvgIpc) is 1.94. The first kappa shape index (κ1) is 9.40. The first-order chi connectivity index (χ1) is 5.05. The Balaban J connectivity index is 2.51. The smallest absolute Gasteiger partial charge is 0.0218 e. The van der Waals surface area contributed by atoms with E-state index in [1.807, 2.05) is 0 Å². The molecule has 0 amide bonds. The minimum Gasteiger partial charge on any atom is -0.307 e. The van der Waals surface area contributed by atoms with Gasteiger partial charge in [-0.2, -0.15) is 11.8 Å². The Morgan fingerprint density at radius 3 is 2.64 bits per heavy atom. The minimum absolute atomic E-state index is 0.345. The number of thioether (sulfide) groups is 1. The number of nitrogens with one attached hydrogen (secondary N) is 1. The summed E-state index contributed by atoms with van der Waals surface area (Å²) in [6, 6.07) is 0.712. The summed E-state index contributed by atoms with van der Waals surface area (Å²) < 4.78 is 0.